The third-order valence-corrected chi connectivity index (χ3v) is 6.56. The van der Waals surface area contributed by atoms with E-state index in [1.807, 2.05) is 0 Å². The summed E-state index contributed by atoms with van der Waals surface area (Å²) in [6.45, 7) is 8.98. The first-order valence-electron chi connectivity index (χ1n) is 15.7. The molecule has 0 heterocycles. The summed E-state index contributed by atoms with van der Waals surface area (Å²) < 4.78 is 40.9. The number of carbonyl (C=O) groups excluding carboxylic acids is 5. The van der Waals surface area contributed by atoms with Crippen molar-refractivity contribution in [2.24, 2.45) is 0 Å². The smallest absolute Gasteiger partial charge is 0.463 e. The van der Waals surface area contributed by atoms with Crippen LogP contribution in [-0.4, -0.2) is 68.0 Å². The van der Waals surface area contributed by atoms with E-state index in [9.17, 15) is 29.1 Å². The molecule has 0 aliphatic carbocycles. The summed E-state index contributed by atoms with van der Waals surface area (Å²) in [7, 11) is 0. The first-order chi connectivity index (χ1) is 24.6. The van der Waals surface area contributed by atoms with Gasteiger partial charge in [0.05, 0.1) is 37.6 Å². The number of unbranched alkanes of at least 4 members (excludes halogenated alkanes) is 2. The summed E-state index contributed by atoms with van der Waals surface area (Å²) in [6.07, 6.45) is 1.46. The van der Waals surface area contributed by atoms with Gasteiger partial charge in [0.15, 0.2) is 6.29 Å². The van der Waals surface area contributed by atoms with Gasteiger partial charge in [0.1, 0.15) is 23.0 Å². The largest absolute Gasteiger partial charge is 0.513 e. The van der Waals surface area contributed by atoms with Gasteiger partial charge in [0.25, 0.3) is 0 Å². The molecule has 1 unspecified atom stereocenters. The summed E-state index contributed by atoms with van der Waals surface area (Å²) in [4.78, 5) is 60.2. The number of aliphatic hydroxyl groups is 1. The van der Waals surface area contributed by atoms with Gasteiger partial charge in [0.2, 0.25) is 0 Å². The van der Waals surface area contributed by atoms with E-state index in [0.29, 0.717) is 31.2 Å². The van der Waals surface area contributed by atoms with Crippen LogP contribution in [0.15, 0.2) is 92.0 Å². The second-order valence-electron chi connectivity index (χ2n) is 10.4. The third kappa shape index (κ3) is 14.6. The fraction of sp³-hybridized carbons (Fsp3) is 0.270. The number of aliphatic hydroxyl groups excluding tert-OH is 1. The molecule has 0 radical (unpaired) electrons. The zero-order valence-electron chi connectivity index (χ0n) is 27.9. The van der Waals surface area contributed by atoms with Crippen LogP contribution in [0.5, 0.6) is 23.0 Å². The highest BCUT2D eigenvalue weighted by atomic mass is 16.7. The number of esters is 3. The molecule has 14 heteroatoms. The van der Waals surface area contributed by atoms with Gasteiger partial charge in [0, 0.05) is 6.08 Å². The Morgan fingerprint density at radius 2 is 1.10 bits per heavy atom. The minimum Gasteiger partial charge on any atom is -0.463 e. The topological polar surface area (TPSA) is 179 Å². The molecule has 0 amide bonds. The molecule has 0 spiro atoms. The van der Waals surface area contributed by atoms with Crippen molar-refractivity contribution in [3.8, 4) is 23.0 Å². The molecule has 3 aromatic carbocycles. The summed E-state index contributed by atoms with van der Waals surface area (Å²) in [5.74, 6) is -1.12. The molecule has 0 aliphatic heterocycles. The molecular formula is C37H38O14. The lowest BCUT2D eigenvalue weighted by molar-refractivity contribution is -0.137. The van der Waals surface area contributed by atoms with Crippen molar-refractivity contribution >= 4 is 30.2 Å². The first kappa shape index (κ1) is 39.4. The summed E-state index contributed by atoms with van der Waals surface area (Å²) in [6, 6.07) is 15.8. The van der Waals surface area contributed by atoms with E-state index in [4.69, 9.17) is 37.9 Å². The van der Waals surface area contributed by atoms with Crippen molar-refractivity contribution in [2.45, 2.75) is 38.9 Å². The number of aryl methyl sites for hydroxylation is 1. The molecule has 3 rings (SSSR count). The number of hydrogen-bond acceptors (Lipinski definition) is 14. The second kappa shape index (κ2) is 21.2. The van der Waals surface area contributed by atoms with Crippen molar-refractivity contribution in [2.75, 3.05) is 26.4 Å². The van der Waals surface area contributed by atoms with E-state index in [0.717, 1.165) is 6.08 Å². The SMILES string of the molecule is C=CC(=O)OCCCCOC(=O)Oc1ccc(C(=O)Oc2ccc(OC(=O)c3ccc(OC(=O)OCCCCOC(O)C=C)cc3)cc2C)cc1. The number of hydrogen-bond donors (Lipinski definition) is 1. The Balaban J connectivity index is 1.40. The highest BCUT2D eigenvalue weighted by Crippen LogP contribution is 2.26. The minimum atomic E-state index is -1.03. The van der Waals surface area contributed by atoms with Crippen molar-refractivity contribution in [3.05, 3.63) is 109 Å². The predicted octanol–water partition coefficient (Wildman–Crippen LogP) is 6.27. The van der Waals surface area contributed by atoms with Crippen LogP contribution in [0, 0.1) is 6.92 Å². The second-order valence-corrected chi connectivity index (χ2v) is 10.4. The van der Waals surface area contributed by atoms with Crippen molar-refractivity contribution in [1.82, 2.24) is 0 Å². The van der Waals surface area contributed by atoms with E-state index in [2.05, 4.69) is 13.2 Å². The quantitative estimate of drug-likeness (QED) is 0.0215. The van der Waals surface area contributed by atoms with Crippen LogP contribution in [0.1, 0.15) is 52.0 Å². The zero-order valence-corrected chi connectivity index (χ0v) is 27.9. The molecule has 1 atom stereocenters. The van der Waals surface area contributed by atoms with Crippen molar-refractivity contribution in [1.29, 1.82) is 0 Å². The molecule has 270 valence electrons. The van der Waals surface area contributed by atoms with Gasteiger partial charge in [-0.1, -0.05) is 13.2 Å². The van der Waals surface area contributed by atoms with E-state index in [1.165, 1.54) is 72.8 Å². The van der Waals surface area contributed by atoms with E-state index in [1.54, 1.807) is 6.92 Å². The lowest BCUT2D eigenvalue weighted by Gasteiger charge is -2.11. The number of benzene rings is 3. The summed E-state index contributed by atoms with van der Waals surface area (Å²) in [5.41, 5.74) is 0.890. The Morgan fingerprint density at radius 1 is 0.627 bits per heavy atom. The Hall–Kier alpha value is -5.99. The maximum absolute atomic E-state index is 12.7. The molecular weight excluding hydrogens is 668 g/mol. The van der Waals surface area contributed by atoms with Gasteiger partial charge < -0.3 is 43.0 Å². The lowest BCUT2D eigenvalue weighted by atomic mass is 10.2. The van der Waals surface area contributed by atoms with E-state index >= 15 is 0 Å². The predicted molar refractivity (Wildman–Crippen MR) is 180 cm³/mol. The number of carbonyl (C=O) groups is 5. The maximum Gasteiger partial charge on any atom is 0.513 e. The van der Waals surface area contributed by atoms with Gasteiger partial charge in [-0.25, -0.2) is 24.0 Å². The van der Waals surface area contributed by atoms with Crippen molar-refractivity contribution < 1.29 is 67.0 Å². The molecule has 14 nitrogen and oxygen atoms in total. The molecule has 0 fully saturated rings. The summed E-state index contributed by atoms with van der Waals surface area (Å²) >= 11 is 0. The van der Waals surface area contributed by atoms with Crippen LogP contribution >= 0.6 is 0 Å². The summed E-state index contributed by atoms with van der Waals surface area (Å²) in [5, 5.41) is 9.22. The highest BCUT2D eigenvalue weighted by Gasteiger charge is 2.15. The normalized spacial score (nSPS) is 10.9. The average molecular weight is 707 g/mol. The minimum absolute atomic E-state index is 0.0680. The Morgan fingerprint density at radius 3 is 1.59 bits per heavy atom. The molecule has 0 saturated heterocycles. The zero-order chi connectivity index (χ0) is 37.0. The lowest BCUT2D eigenvalue weighted by Crippen LogP contribution is -2.13. The highest BCUT2D eigenvalue weighted by molar-refractivity contribution is 5.92. The molecule has 0 aromatic heterocycles. The monoisotopic (exact) mass is 706 g/mol. The van der Waals surface area contributed by atoms with Gasteiger partial charge >= 0.3 is 30.2 Å². The Labute approximate surface area is 294 Å². The molecule has 0 saturated carbocycles. The fourth-order valence-corrected chi connectivity index (χ4v) is 3.92. The van der Waals surface area contributed by atoms with Crippen LogP contribution in [0.25, 0.3) is 0 Å². The third-order valence-electron chi connectivity index (χ3n) is 6.56. The Kier molecular flexibility index (Phi) is 16.4. The van der Waals surface area contributed by atoms with Crippen LogP contribution in [0.4, 0.5) is 9.59 Å². The standard InChI is InChI=1S/C37H38O14/c1-4-32(38)44-20-6-8-22-46-36(42)49-28-14-10-26(11-15-28)34(40)48-30-18-19-31(25(3)24-30)51-35(41)27-12-16-29(17-13-27)50-37(43)47-23-9-7-21-45-33(39)5-2/h4-5,10-19,24,32,38H,1-2,6-9,20-23H2,3H3. The van der Waals surface area contributed by atoms with Crippen LogP contribution in [0.2, 0.25) is 0 Å². The van der Waals surface area contributed by atoms with Gasteiger partial charge in [-0.3, -0.25) is 0 Å². The van der Waals surface area contributed by atoms with Crippen LogP contribution < -0.4 is 18.9 Å². The number of ether oxygens (including phenoxy) is 8. The van der Waals surface area contributed by atoms with Crippen LogP contribution in [-0.2, 0) is 23.7 Å². The molecule has 1 N–H and O–H groups in total. The van der Waals surface area contributed by atoms with E-state index in [-0.39, 0.29) is 60.6 Å². The molecule has 0 aliphatic rings. The van der Waals surface area contributed by atoms with Crippen molar-refractivity contribution in [3.63, 3.8) is 0 Å². The maximum atomic E-state index is 12.7. The Bertz CT molecular complexity index is 1650. The first-order valence-corrected chi connectivity index (χ1v) is 15.7. The molecule has 0 bridgehead atoms. The number of rotatable bonds is 19. The van der Waals surface area contributed by atoms with Gasteiger partial charge in [-0.2, -0.15) is 0 Å². The fourth-order valence-electron chi connectivity index (χ4n) is 3.92. The van der Waals surface area contributed by atoms with E-state index < -0.39 is 36.5 Å². The van der Waals surface area contributed by atoms with Crippen LogP contribution in [0.3, 0.4) is 0 Å². The molecule has 51 heavy (non-hydrogen) atoms. The van der Waals surface area contributed by atoms with Gasteiger partial charge in [-0.05, 0) is 111 Å². The molecule has 3 aromatic rings. The van der Waals surface area contributed by atoms with Gasteiger partial charge in [-0.15, -0.1) is 0 Å². The average Bonchev–Trinajstić information content (AvgIpc) is 3.12.